The molecule has 0 unspecified atom stereocenters. The average Bonchev–Trinajstić information content (AvgIpc) is 2.36. The number of halogens is 3. The minimum atomic E-state index is -0.551. The first kappa shape index (κ1) is 14.3. The Morgan fingerprint density at radius 1 is 1.11 bits per heavy atom. The van der Waals surface area contributed by atoms with Crippen LogP contribution in [0.1, 0.15) is 5.56 Å². The first-order valence-corrected chi connectivity index (χ1v) is 6.85. The molecule has 0 fully saturated rings. The molecule has 0 aliphatic heterocycles. The molecule has 19 heavy (non-hydrogen) atoms. The van der Waals surface area contributed by atoms with Crippen LogP contribution in [0.5, 0.6) is 0 Å². The maximum Gasteiger partial charge on any atom is 0.140 e. The van der Waals surface area contributed by atoms with Gasteiger partial charge in [-0.1, -0.05) is 23.4 Å². The summed E-state index contributed by atoms with van der Waals surface area (Å²) in [5, 5.41) is 3.45. The van der Waals surface area contributed by atoms with Crippen molar-refractivity contribution in [2.24, 2.45) is 0 Å². The molecule has 5 heteroatoms. The second kappa shape index (κ2) is 6.37. The van der Waals surface area contributed by atoms with Gasteiger partial charge in [0.1, 0.15) is 11.6 Å². The minimum absolute atomic E-state index is 0.00201. The summed E-state index contributed by atoms with van der Waals surface area (Å²) in [6.07, 6.45) is 0. The number of hydrogen-bond donors (Lipinski definition) is 1. The van der Waals surface area contributed by atoms with E-state index < -0.39 is 11.6 Å². The summed E-state index contributed by atoms with van der Waals surface area (Å²) in [5.41, 5.74) is 0.581. The first-order valence-electron chi connectivity index (χ1n) is 5.66. The van der Waals surface area contributed by atoms with Crippen molar-refractivity contribution in [1.29, 1.82) is 0 Å². The summed E-state index contributed by atoms with van der Waals surface area (Å²) < 4.78 is 27.8. The van der Waals surface area contributed by atoms with Crippen molar-refractivity contribution in [3.8, 4) is 0 Å². The lowest BCUT2D eigenvalue weighted by Gasteiger charge is -2.08. The van der Waals surface area contributed by atoms with E-state index in [0.29, 0.717) is 17.1 Å². The highest BCUT2D eigenvalue weighted by Gasteiger charge is 2.12. The topological polar surface area (TPSA) is 12.0 Å². The Labute approximate surface area is 120 Å². The van der Waals surface area contributed by atoms with Crippen LogP contribution in [0.3, 0.4) is 0 Å². The predicted octanol–water partition coefficient (Wildman–Crippen LogP) is 4.49. The predicted molar refractivity (Wildman–Crippen MR) is 74.7 cm³/mol. The number of benzene rings is 2. The molecule has 0 heterocycles. The van der Waals surface area contributed by atoms with E-state index >= 15 is 0 Å². The molecule has 0 saturated heterocycles. The molecule has 100 valence electrons. The van der Waals surface area contributed by atoms with Crippen molar-refractivity contribution in [2.45, 2.75) is 16.3 Å². The molecular formula is C14H12ClF2NS. The van der Waals surface area contributed by atoms with Gasteiger partial charge in [-0.3, -0.25) is 0 Å². The van der Waals surface area contributed by atoms with Crippen LogP contribution in [0.4, 0.5) is 8.78 Å². The Morgan fingerprint density at radius 3 is 2.21 bits per heavy atom. The summed E-state index contributed by atoms with van der Waals surface area (Å²) >= 11 is 6.82. The number of hydrogen-bond acceptors (Lipinski definition) is 2. The van der Waals surface area contributed by atoms with E-state index in [1.54, 1.807) is 31.3 Å². The molecule has 0 saturated carbocycles. The van der Waals surface area contributed by atoms with Gasteiger partial charge in [-0.05, 0) is 49.0 Å². The van der Waals surface area contributed by atoms with Gasteiger partial charge in [0, 0.05) is 16.5 Å². The highest BCUT2D eigenvalue weighted by atomic mass is 35.5. The van der Waals surface area contributed by atoms with Gasteiger partial charge in [0.05, 0.1) is 4.90 Å². The van der Waals surface area contributed by atoms with Gasteiger partial charge in [-0.2, -0.15) is 0 Å². The zero-order valence-electron chi connectivity index (χ0n) is 10.2. The number of rotatable bonds is 4. The van der Waals surface area contributed by atoms with Gasteiger partial charge in [-0.15, -0.1) is 0 Å². The van der Waals surface area contributed by atoms with E-state index in [9.17, 15) is 8.78 Å². The molecule has 0 radical (unpaired) electrons. The molecule has 1 nitrogen and oxygen atoms in total. The monoisotopic (exact) mass is 299 g/mol. The zero-order valence-corrected chi connectivity index (χ0v) is 11.8. The summed E-state index contributed by atoms with van der Waals surface area (Å²) in [7, 11) is 1.73. The van der Waals surface area contributed by atoms with Gasteiger partial charge in [0.2, 0.25) is 0 Å². The van der Waals surface area contributed by atoms with E-state index in [4.69, 9.17) is 11.6 Å². The number of nitrogens with one attached hydrogen (secondary N) is 1. The largest absolute Gasteiger partial charge is 0.316 e. The summed E-state index contributed by atoms with van der Waals surface area (Å²) in [6.45, 7) is 0.430. The zero-order chi connectivity index (χ0) is 13.8. The maximum absolute atomic E-state index is 13.9. The van der Waals surface area contributed by atoms with Crippen LogP contribution < -0.4 is 5.32 Å². The van der Waals surface area contributed by atoms with Crippen LogP contribution in [-0.2, 0) is 6.54 Å². The lowest BCUT2D eigenvalue weighted by molar-refractivity contribution is 0.536. The van der Waals surface area contributed by atoms with Crippen LogP contribution in [-0.4, -0.2) is 7.05 Å². The molecule has 1 N–H and O–H groups in total. The van der Waals surface area contributed by atoms with Crippen LogP contribution in [0, 0.1) is 11.6 Å². The van der Waals surface area contributed by atoms with E-state index in [1.165, 1.54) is 12.1 Å². The van der Waals surface area contributed by atoms with Crippen LogP contribution in [0.2, 0.25) is 5.02 Å². The van der Waals surface area contributed by atoms with Crippen LogP contribution >= 0.6 is 23.4 Å². The molecule has 0 spiro atoms. The quantitative estimate of drug-likeness (QED) is 0.893. The summed E-state index contributed by atoms with van der Waals surface area (Å²) in [4.78, 5) is 0.741. The lowest BCUT2D eigenvalue weighted by atomic mass is 10.2. The molecule has 0 aliphatic rings. The van der Waals surface area contributed by atoms with Gasteiger partial charge in [-0.25, -0.2) is 8.78 Å². The van der Waals surface area contributed by atoms with E-state index in [2.05, 4.69) is 5.32 Å². The molecule has 2 aromatic rings. The fraction of sp³-hybridized carbons (Fsp3) is 0.143. The second-order valence-electron chi connectivity index (χ2n) is 3.97. The van der Waals surface area contributed by atoms with Gasteiger partial charge < -0.3 is 5.32 Å². The van der Waals surface area contributed by atoms with Gasteiger partial charge >= 0.3 is 0 Å². The average molecular weight is 300 g/mol. The highest BCUT2D eigenvalue weighted by Crippen LogP contribution is 2.33. The molecular weight excluding hydrogens is 288 g/mol. The molecule has 2 rings (SSSR count). The third-order valence-corrected chi connectivity index (χ3v) is 3.83. The van der Waals surface area contributed by atoms with E-state index in [1.807, 2.05) is 0 Å². The lowest BCUT2D eigenvalue weighted by Crippen LogP contribution is -2.06. The SMILES string of the molecule is CNCc1cc(F)c(Sc2ccc(Cl)cc2)c(F)c1. The van der Waals surface area contributed by atoms with Crippen molar-refractivity contribution in [3.63, 3.8) is 0 Å². The van der Waals surface area contributed by atoms with Gasteiger partial charge in [0.15, 0.2) is 0 Å². The molecule has 0 atom stereocenters. The fourth-order valence-corrected chi connectivity index (χ4v) is 2.58. The van der Waals surface area contributed by atoms with Crippen LogP contribution in [0.25, 0.3) is 0 Å². The normalized spacial score (nSPS) is 10.7. The van der Waals surface area contributed by atoms with Crippen molar-refractivity contribution in [1.82, 2.24) is 5.32 Å². The molecule has 0 amide bonds. The highest BCUT2D eigenvalue weighted by molar-refractivity contribution is 7.99. The Hall–Kier alpha value is -1.10. The Morgan fingerprint density at radius 2 is 1.68 bits per heavy atom. The minimum Gasteiger partial charge on any atom is -0.316 e. The smallest absolute Gasteiger partial charge is 0.140 e. The van der Waals surface area contributed by atoms with Gasteiger partial charge in [0.25, 0.3) is 0 Å². The van der Waals surface area contributed by atoms with E-state index in [-0.39, 0.29) is 4.90 Å². The second-order valence-corrected chi connectivity index (χ2v) is 5.50. The summed E-state index contributed by atoms with van der Waals surface area (Å²) in [6, 6.07) is 9.53. The Kier molecular flexibility index (Phi) is 4.80. The van der Waals surface area contributed by atoms with E-state index in [0.717, 1.165) is 16.7 Å². The third-order valence-electron chi connectivity index (χ3n) is 2.47. The molecule has 0 aromatic heterocycles. The fourth-order valence-electron chi connectivity index (χ4n) is 1.64. The molecule has 2 aromatic carbocycles. The standard InChI is InChI=1S/C14H12ClF2NS/c1-18-8-9-6-12(16)14(13(17)7-9)19-11-4-2-10(15)3-5-11/h2-7,18H,8H2,1H3. The van der Waals surface area contributed by atoms with Crippen molar-refractivity contribution in [3.05, 3.63) is 58.6 Å². The molecule has 0 bridgehead atoms. The molecule has 0 aliphatic carbocycles. The van der Waals surface area contributed by atoms with Crippen molar-refractivity contribution < 1.29 is 8.78 Å². The van der Waals surface area contributed by atoms with Crippen molar-refractivity contribution >= 4 is 23.4 Å². The van der Waals surface area contributed by atoms with Crippen LogP contribution in [0.15, 0.2) is 46.2 Å². The Balaban J connectivity index is 2.27. The maximum atomic E-state index is 13.9. The Bertz CT molecular complexity index is 549. The first-order chi connectivity index (χ1) is 9.10. The summed E-state index contributed by atoms with van der Waals surface area (Å²) in [5.74, 6) is -1.10. The third kappa shape index (κ3) is 3.69. The van der Waals surface area contributed by atoms with Crippen molar-refractivity contribution in [2.75, 3.05) is 7.05 Å².